The topological polar surface area (TPSA) is 57.7 Å². The monoisotopic (exact) mass is 304 g/mol. The molecule has 22 heavy (non-hydrogen) atoms. The molecule has 2 aliphatic carbocycles. The summed E-state index contributed by atoms with van der Waals surface area (Å²) in [5.41, 5.74) is 0. The lowest BCUT2D eigenvalue weighted by Crippen LogP contribution is -2.39. The predicted octanol–water partition coefficient (Wildman–Crippen LogP) is 1.73. The summed E-state index contributed by atoms with van der Waals surface area (Å²) in [6, 6.07) is 0.337. The van der Waals surface area contributed by atoms with Crippen molar-refractivity contribution in [2.24, 2.45) is 11.8 Å². The fraction of sp³-hybridized carbons (Fsp3) is 0.706. The molecule has 3 aliphatic rings. The van der Waals surface area contributed by atoms with Gasteiger partial charge in [0, 0.05) is 26.1 Å². The van der Waals surface area contributed by atoms with Gasteiger partial charge in [-0.25, -0.2) is 0 Å². The zero-order valence-corrected chi connectivity index (χ0v) is 13.2. The van der Waals surface area contributed by atoms with Crippen LogP contribution in [0.1, 0.15) is 44.9 Å². The van der Waals surface area contributed by atoms with Crippen molar-refractivity contribution in [3.63, 3.8) is 0 Å². The maximum absolute atomic E-state index is 12.3. The predicted molar refractivity (Wildman–Crippen MR) is 81.7 cm³/mol. The molecular weight excluding hydrogens is 280 g/mol. The second-order valence-electron chi connectivity index (χ2n) is 6.68. The summed E-state index contributed by atoms with van der Waals surface area (Å²) in [5, 5.41) is 0. The minimum absolute atomic E-state index is 0.0421. The summed E-state index contributed by atoms with van der Waals surface area (Å²) in [7, 11) is 1.84. The highest BCUT2D eigenvalue weighted by Crippen LogP contribution is 2.35. The number of rotatable bonds is 4. The Bertz CT molecular complexity index is 482. The molecule has 2 unspecified atom stereocenters. The lowest BCUT2D eigenvalue weighted by atomic mass is 9.85. The molecule has 0 bridgehead atoms. The van der Waals surface area contributed by atoms with Crippen LogP contribution in [0.5, 0.6) is 0 Å². The normalized spacial score (nSPS) is 28.3. The highest BCUT2D eigenvalue weighted by Gasteiger charge is 2.47. The molecule has 0 aromatic heterocycles. The first-order valence-corrected chi connectivity index (χ1v) is 8.35. The van der Waals surface area contributed by atoms with Crippen LogP contribution in [0.3, 0.4) is 0 Å². The Hall–Kier alpha value is -1.65. The van der Waals surface area contributed by atoms with Crippen molar-refractivity contribution in [1.29, 1.82) is 0 Å². The molecule has 120 valence electrons. The summed E-state index contributed by atoms with van der Waals surface area (Å²) in [4.78, 5) is 40.1. The van der Waals surface area contributed by atoms with Crippen molar-refractivity contribution < 1.29 is 14.4 Å². The molecule has 5 heteroatoms. The van der Waals surface area contributed by atoms with E-state index in [1.807, 2.05) is 24.1 Å². The number of allylic oxidation sites excluding steroid dienone is 2. The number of amides is 3. The Morgan fingerprint density at radius 2 is 1.68 bits per heavy atom. The first kappa shape index (κ1) is 15.3. The average molecular weight is 304 g/mol. The van der Waals surface area contributed by atoms with E-state index in [-0.39, 0.29) is 42.5 Å². The van der Waals surface area contributed by atoms with Gasteiger partial charge >= 0.3 is 0 Å². The van der Waals surface area contributed by atoms with Crippen molar-refractivity contribution in [1.82, 2.24) is 9.80 Å². The molecular formula is C17H24N2O3. The zero-order chi connectivity index (χ0) is 15.7. The molecule has 2 fully saturated rings. The van der Waals surface area contributed by atoms with Crippen LogP contribution in [0.2, 0.25) is 0 Å². The number of likely N-dealkylation sites (tertiary alicyclic amines) is 1. The van der Waals surface area contributed by atoms with Gasteiger partial charge in [-0.05, 0) is 25.7 Å². The Morgan fingerprint density at radius 3 is 2.23 bits per heavy atom. The Kier molecular flexibility index (Phi) is 4.32. The van der Waals surface area contributed by atoms with Crippen LogP contribution >= 0.6 is 0 Å². The first-order chi connectivity index (χ1) is 10.6. The third-order valence-electron chi connectivity index (χ3n) is 5.41. The zero-order valence-electron chi connectivity index (χ0n) is 13.2. The van der Waals surface area contributed by atoms with Crippen LogP contribution in [0, 0.1) is 11.8 Å². The lowest BCUT2D eigenvalue weighted by molar-refractivity contribution is -0.141. The molecule has 1 heterocycles. The highest BCUT2D eigenvalue weighted by atomic mass is 16.2. The van der Waals surface area contributed by atoms with Crippen LogP contribution < -0.4 is 0 Å². The van der Waals surface area contributed by atoms with E-state index in [4.69, 9.17) is 0 Å². The molecule has 0 aromatic carbocycles. The average Bonchev–Trinajstić information content (AvgIpc) is 3.14. The second-order valence-corrected chi connectivity index (χ2v) is 6.68. The van der Waals surface area contributed by atoms with Crippen molar-refractivity contribution in [2.45, 2.75) is 51.0 Å². The van der Waals surface area contributed by atoms with Gasteiger partial charge in [0.2, 0.25) is 17.7 Å². The van der Waals surface area contributed by atoms with Gasteiger partial charge in [-0.3, -0.25) is 19.3 Å². The Balaban J connectivity index is 1.56. The third kappa shape index (κ3) is 2.69. The maximum atomic E-state index is 12.3. The minimum Gasteiger partial charge on any atom is -0.343 e. The van der Waals surface area contributed by atoms with E-state index >= 15 is 0 Å². The minimum atomic E-state index is -0.194. The number of carbonyl (C=O) groups excluding carboxylic acids is 3. The highest BCUT2D eigenvalue weighted by molar-refractivity contribution is 6.05. The quantitative estimate of drug-likeness (QED) is 0.587. The first-order valence-electron chi connectivity index (χ1n) is 8.35. The van der Waals surface area contributed by atoms with Crippen LogP contribution in [-0.2, 0) is 14.4 Å². The van der Waals surface area contributed by atoms with Crippen LogP contribution in [0.25, 0.3) is 0 Å². The van der Waals surface area contributed by atoms with Gasteiger partial charge in [0.25, 0.3) is 0 Å². The number of hydrogen-bond acceptors (Lipinski definition) is 3. The summed E-state index contributed by atoms with van der Waals surface area (Å²) >= 11 is 0. The van der Waals surface area contributed by atoms with Crippen LogP contribution in [0.15, 0.2) is 12.2 Å². The molecule has 0 aromatic rings. The number of imide groups is 1. The summed E-state index contributed by atoms with van der Waals surface area (Å²) in [5.74, 6) is -0.521. The van der Waals surface area contributed by atoms with Gasteiger partial charge in [-0.1, -0.05) is 25.0 Å². The standard InChI is InChI=1S/C17H24N2O3/c1-18(12-6-2-3-7-12)15(20)10-11-19-16(21)13-8-4-5-9-14(13)17(19)22/h4-5,12-14H,2-3,6-11H2,1H3. The third-order valence-corrected chi connectivity index (χ3v) is 5.41. The fourth-order valence-corrected chi connectivity index (χ4v) is 3.97. The molecule has 0 spiro atoms. The van der Waals surface area contributed by atoms with Crippen LogP contribution in [0.4, 0.5) is 0 Å². The number of hydrogen-bond donors (Lipinski definition) is 0. The van der Waals surface area contributed by atoms with E-state index in [9.17, 15) is 14.4 Å². The molecule has 1 saturated carbocycles. The molecule has 0 radical (unpaired) electrons. The number of nitrogens with zero attached hydrogens (tertiary/aromatic N) is 2. The van der Waals surface area contributed by atoms with Gasteiger partial charge in [-0.15, -0.1) is 0 Å². The Morgan fingerprint density at radius 1 is 1.14 bits per heavy atom. The second kappa shape index (κ2) is 6.23. The van der Waals surface area contributed by atoms with E-state index in [2.05, 4.69) is 0 Å². The van der Waals surface area contributed by atoms with Gasteiger partial charge in [-0.2, -0.15) is 0 Å². The Labute approximate surface area is 131 Å². The number of carbonyl (C=O) groups is 3. The smallest absolute Gasteiger partial charge is 0.233 e. The molecule has 3 amide bonds. The largest absolute Gasteiger partial charge is 0.343 e. The summed E-state index contributed by atoms with van der Waals surface area (Å²) in [6.07, 6.45) is 10.0. The number of fused-ring (bicyclic) bond motifs is 1. The molecule has 0 N–H and O–H groups in total. The lowest BCUT2D eigenvalue weighted by Gasteiger charge is -2.25. The van der Waals surface area contributed by atoms with E-state index < -0.39 is 0 Å². The van der Waals surface area contributed by atoms with Crippen molar-refractivity contribution >= 4 is 17.7 Å². The molecule has 1 aliphatic heterocycles. The van der Waals surface area contributed by atoms with E-state index in [0.29, 0.717) is 18.9 Å². The molecule has 2 atom stereocenters. The molecule has 3 rings (SSSR count). The van der Waals surface area contributed by atoms with Crippen molar-refractivity contribution in [2.75, 3.05) is 13.6 Å². The SMILES string of the molecule is CN(C(=O)CCN1C(=O)C2CC=CCC2C1=O)C1CCCC1. The van der Waals surface area contributed by atoms with Crippen LogP contribution in [-0.4, -0.2) is 47.2 Å². The maximum Gasteiger partial charge on any atom is 0.233 e. The van der Waals surface area contributed by atoms with E-state index in [1.165, 1.54) is 17.7 Å². The van der Waals surface area contributed by atoms with Gasteiger partial charge < -0.3 is 4.90 Å². The van der Waals surface area contributed by atoms with Crippen molar-refractivity contribution in [3.8, 4) is 0 Å². The van der Waals surface area contributed by atoms with Gasteiger partial charge in [0.15, 0.2) is 0 Å². The van der Waals surface area contributed by atoms with Gasteiger partial charge in [0.1, 0.15) is 0 Å². The molecule has 1 saturated heterocycles. The van der Waals surface area contributed by atoms with Gasteiger partial charge in [0.05, 0.1) is 11.8 Å². The van der Waals surface area contributed by atoms with Crippen molar-refractivity contribution in [3.05, 3.63) is 12.2 Å². The van der Waals surface area contributed by atoms with E-state index in [0.717, 1.165) is 12.8 Å². The fourth-order valence-electron chi connectivity index (χ4n) is 3.97. The summed E-state index contributed by atoms with van der Waals surface area (Å²) < 4.78 is 0. The van der Waals surface area contributed by atoms with E-state index in [1.54, 1.807) is 0 Å². The molecule has 5 nitrogen and oxygen atoms in total. The summed E-state index contributed by atoms with van der Waals surface area (Å²) in [6.45, 7) is 0.237.